The van der Waals surface area contributed by atoms with Crippen LogP contribution < -0.4 is 5.32 Å². The molecule has 0 spiro atoms. The third kappa shape index (κ3) is 2.93. The molecule has 15 heavy (non-hydrogen) atoms. The molecule has 3 nitrogen and oxygen atoms in total. The Morgan fingerprint density at radius 2 is 2.07 bits per heavy atom. The molecule has 0 atom stereocenters. The number of nitrogens with zero attached hydrogens (tertiary/aromatic N) is 1. The predicted octanol–water partition coefficient (Wildman–Crippen LogP) is 1.56. The summed E-state index contributed by atoms with van der Waals surface area (Å²) < 4.78 is 0.987. The minimum absolute atomic E-state index is 0.311. The van der Waals surface area contributed by atoms with Crippen LogP contribution in [-0.2, 0) is 6.54 Å². The van der Waals surface area contributed by atoms with Crippen LogP contribution in [0.5, 0.6) is 5.75 Å². The van der Waals surface area contributed by atoms with Crippen molar-refractivity contribution in [2.75, 3.05) is 26.2 Å². The molecule has 0 aromatic heterocycles. The minimum Gasteiger partial charge on any atom is -0.508 e. The molecule has 1 fully saturated rings. The number of phenolic OH excluding ortho intramolecular Hbond substituents is 1. The van der Waals surface area contributed by atoms with Gasteiger partial charge in [0.05, 0.1) is 0 Å². The Morgan fingerprint density at radius 3 is 2.73 bits per heavy atom. The fraction of sp³-hybridized carbons (Fsp3) is 0.455. The molecular weight excluding hydrogens is 256 g/mol. The van der Waals surface area contributed by atoms with Crippen molar-refractivity contribution in [2.45, 2.75) is 6.54 Å². The lowest BCUT2D eigenvalue weighted by atomic mass is 10.2. The first kappa shape index (κ1) is 10.9. The van der Waals surface area contributed by atoms with E-state index in [0.717, 1.165) is 37.2 Å². The molecule has 0 radical (unpaired) electrons. The first-order valence-electron chi connectivity index (χ1n) is 5.16. The number of hydrogen-bond acceptors (Lipinski definition) is 3. The quantitative estimate of drug-likeness (QED) is 0.857. The Bertz CT molecular complexity index is 337. The van der Waals surface area contributed by atoms with Crippen molar-refractivity contribution in [3.8, 4) is 5.75 Å². The Labute approximate surface area is 98.2 Å². The molecule has 0 amide bonds. The van der Waals surface area contributed by atoms with Gasteiger partial charge in [0.15, 0.2) is 0 Å². The molecule has 0 unspecified atom stereocenters. The molecule has 0 bridgehead atoms. The van der Waals surface area contributed by atoms with E-state index < -0.39 is 0 Å². The van der Waals surface area contributed by atoms with Crippen molar-refractivity contribution >= 4 is 15.9 Å². The van der Waals surface area contributed by atoms with Gasteiger partial charge in [-0.2, -0.15) is 0 Å². The van der Waals surface area contributed by atoms with Crippen molar-refractivity contribution in [2.24, 2.45) is 0 Å². The summed E-state index contributed by atoms with van der Waals surface area (Å²) in [6.45, 7) is 5.26. The molecule has 1 aliphatic rings. The SMILES string of the molecule is Oc1ccc(CN2CCNCC2)c(Br)c1. The summed E-state index contributed by atoms with van der Waals surface area (Å²) in [7, 11) is 0. The van der Waals surface area contributed by atoms with Gasteiger partial charge >= 0.3 is 0 Å². The maximum Gasteiger partial charge on any atom is 0.116 e. The van der Waals surface area contributed by atoms with Crippen LogP contribution in [0.4, 0.5) is 0 Å². The fourth-order valence-corrected chi connectivity index (χ4v) is 2.27. The second-order valence-corrected chi connectivity index (χ2v) is 4.66. The summed E-state index contributed by atoms with van der Waals surface area (Å²) in [6, 6.07) is 5.46. The van der Waals surface area contributed by atoms with Crippen molar-refractivity contribution in [3.63, 3.8) is 0 Å². The van der Waals surface area contributed by atoms with Crippen LogP contribution in [0.25, 0.3) is 0 Å². The number of halogens is 1. The Hall–Kier alpha value is -0.580. The largest absolute Gasteiger partial charge is 0.508 e. The van der Waals surface area contributed by atoms with E-state index in [1.54, 1.807) is 12.1 Å². The Kier molecular flexibility index (Phi) is 3.61. The molecule has 1 saturated heterocycles. The van der Waals surface area contributed by atoms with Crippen LogP contribution in [0.2, 0.25) is 0 Å². The van der Waals surface area contributed by atoms with Gasteiger partial charge in [-0.15, -0.1) is 0 Å². The average molecular weight is 271 g/mol. The zero-order valence-electron chi connectivity index (χ0n) is 8.54. The van der Waals surface area contributed by atoms with E-state index in [1.165, 1.54) is 5.56 Å². The Balaban J connectivity index is 2.03. The van der Waals surface area contributed by atoms with E-state index in [1.807, 2.05) is 6.07 Å². The molecule has 0 aliphatic carbocycles. The van der Waals surface area contributed by atoms with Crippen LogP contribution in [0.15, 0.2) is 22.7 Å². The van der Waals surface area contributed by atoms with Crippen LogP contribution in [0.1, 0.15) is 5.56 Å². The van der Waals surface area contributed by atoms with E-state index >= 15 is 0 Å². The molecule has 1 aliphatic heterocycles. The lowest BCUT2D eigenvalue weighted by Gasteiger charge is -2.27. The molecule has 4 heteroatoms. The highest BCUT2D eigenvalue weighted by atomic mass is 79.9. The van der Waals surface area contributed by atoms with Crippen molar-refractivity contribution in [1.29, 1.82) is 0 Å². The Morgan fingerprint density at radius 1 is 1.33 bits per heavy atom. The number of rotatable bonds is 2. The number of phenols is 1. The summed E-state index contributed by atoms with van der Waals surface area (Å²) in [6.07, 6.45) is 0. The molecule has 82 valence electrons. The number of piperazine rings is 1. The van der Waals surface area contributed by atoms with Gasteiger partial charge in [-0.3, -0.25) is 4.90 Å². The van der Waals surface area contributed by atoms with Crippen molar-refractivity contribution < 1.29 is 5.11 Å². The second-order valence-electron chi connectivity index (χ2n) is 3.80. The third-order valence-corrected chi connectivity index (χ3v) is 3.38. The molecule has 1 aromatic carbocycles. The maximum atomic E-state index is 9.29. The molecule has 1 heterocycles. The van der Waals surface area contributed by atoms with Gasteiger partial charge in [0.25, 0.3) is 0 Å². The average Bonchev–Trinajstić information content (AvgIpc) is 2.24. The first-order chi connectivity index (χ1) is 7.25. The highest BCUT2D eigenvalue weighted by molar-refractivity contribution is 9.10. The number of hydrogen-bond donors (Lipinski definition) is 2. The minimum atomic E-state index is 0.311. The van der Waals surface area contributed by atoms with Gasteiger partial charge in [0.2, 0.25) is 0 Å². The van der Waals surface area contributed by atoms with Gasteiger partial charge < -0.3 is 10.4 Å². The maximum absolute atomic E-state index is 9.29. The third-order valence-electron chi connectivity index (χ3n) is 2.64. The van der Waals surface area contributed by atoms with Gasteiger partial charge in [0.1, 0.15) is 5.75 Å². The summed E-state index contributed by atoms with van der Waals surface area (Å²) in [5.74, 6) is 0.311. The molecule has 2 rings (SSSR count). The molecule has 2 N–H and O–H groups in total. The van der Waals surface area contributed by atoms with E-state index in [0.29, 0.717) is 5.75 Å². The van der Waals surface area contributed by atoms with Gasteiger partial charge in [-0.25, -0.2) is 0 Å². The topological polar surface area (TPSA) is 35.5 Å². The van der Waals surface area contributed by atoms with Gasteiger partial charge in [-0.05, 0) is 17.7 Å². The zero-order valence-corrected chi connectivity index (χ0v) is 10.1. The normalized spacial score (nSPS) is 17.9. The summed E-state index contributed by atoms with van der Waals surface area (Å²) >= 11 is 3.47. The molecular formula is C11H15BrN2O. The first-order valence-corrected chi connectivity index (χ1v) is 5.95. The van der Waals surface area contributed by atoms with Gasteiger partial charge in [0, 0.05) is 37.2 Å². The lowest BCUT2D eigenvalue weighted by molar-refractivity contribution is 0.233. The van der Waals surface area contributed by atoms with Gasteiger partial charge in [-0.1, -0.05) is 22.0 Å². The summed E-state index contributed by atoms with van der Waals surface area (Å²) in [5.41, 5.74) is 1.23. The molecule has 0 saturated carbocycles. The number of aromatic hydroxyl groups is 1. The summed E-state index contributed by atoms with van der Waals surface area (Å²) in [5, 5.41) is 12.6. The van der Waals surface area contributed by atoms with E-state index in [-0.39, 0.29) is 0 Å². The van der Waals surface area contributed by atoms with E-state index in [9.17, 15) is 5.11 Å². The van der Waals surface area contributed by atoms with Crippen LogP contribution in [0, 0.1) is 0 Å². The second kappa shape index (κ2) is 4.96. The monoisotopic (exact) mass is 270 g/mol. The fourth-order valence-electron chi connectivity index (χ4n) is 1.77. The smallest absolute Gasteiger partial charge is 0.116 e. The number of nitrogens with one attached hydrogen (secondary N) is 1. The standard InChI is InChI=1S/C11H15BrN2O/c12-11-7-10(15)2-1-9(11)8-14-5-3-13-4-6-14/h1-2,7,13,15H,3-6,8H2. The lowest BCUT2D eigenvalue weighted by Crippen LogP contribution is -2.42. The number of benzene rings is 1. The highest BCUT2D eigenvalue weighted by Crippen LogP contribution is 2.23. The molecule has 1 aromatic rings. The summed E-state index contributed by atoms with van der Waals surface area (Å²) in [4.78, 5) is 2.41. The van der Waals surface area contributed by atoms with Crippen LogP contribution in [0.3, 0.4) is 0 Å². The van der Waals surface area contributed by atoms with E-state index in [2.05, 4.69) is 26.1 Å². The van der Waals surface area contributed by atoms with Crippen LogP contribution in [-0.4, -0.2) is 36.2 Å². The highest BCUT2D eigenvalue weighted by Gasteiger charge is 2.11. The van der Waals surface area contributed by atoms with Crippen molar-refractivity contribution in [1.82, 2.24) is 10.2 Å². The van der Waals surface area contributed by atoms with E-state index in [4.69, 9.17) is 0 Å². The predicted molar refractivity (Wildman–Crippen MR) is 64.0 cm³/mol. The zero-order chi connectivity index (χ0) is 10.7. The van der Waals surface area contributed by atoms with Crippen molar-refractivity contribution in [3.05, 3.63) is 28.2 Å². The van der Waals surface area contributed by atoms with Crippen LogP contribution >= 0.6 is 15.9 Å².